The van der Waals surface area contributed by atoms with E-state index < -0.39 is 0 Å². The lowest BCUT2D eigenvalue weighted by molar-refractivity contribution is 0.386. The minimum Gasteiger partial charge on any atom is -0.338 e. The van der Waals surface area contributed by atoms with Crippen molar-refractivity contribution in [2.24, 2.45) is 0 Å². The van der Waals surface area contributed by atoms with E-state index >= 15 is 0 Å². The molecule has 2 aromatic rings. The van der Waals surface area contributed by atoms with E-state index in [1.54, 1.807) is 6.92 Å². The maximum Gasteiger partial charge on any atom is 0.237 e. The number of aryl methyl sites for hydroxylation is 1. The molecule has 0 saturated heterocycles. The van der Waals surface area contributed by atoms with Crippen LogP contribution < -0.4 is 0 Å². The third kappa shape index (κ3) is 2.38. The van der Waals surface area contributed by atoms with E-state index in [-0.39, 0.29) is 0 Å². The lowest BCUT2D eigenvalue weighted by Gasteiger charge is -2.09. The van der Waals surface area contributed by atoms with Crippen LogP contribution >= 0.6 is 11.8 Å². The van der Waals surface area contributed by atoms with Crippen LogP contribution in [0.2, 0.25) is 0 Å². The Balaban J connectivity index is 1.67. The van der Waals surface area contributed by atoms with Crippen molar-refractivity contribution in [3.8, 4) is 0 Å². The van der Waals surface area contributed by atoms with Gasteiger partial charge in [-0.25, -0.2) is 4.68 Å². The second-order valence-electron chi connectivity index (χ2n) is 4.37. The molecule has 1 fully saturated rings. The van der Waals surface area contributed by atoms with Gasteiger partial charge in [0.05, 0.1) is 11.8 Å². The summed E-state index contributed by atoms with van der Waals surface area (Å²) in [6.07, 6.45) is 4.85. The van der Waals surface area contributed by atoms with E-state index in [1.165, 1.54) is 24.6 Å². The van der Waals surface area contributed by atoms with Crippen molar-refractivity contribution in [2.45, 2.75) is 49.6 Å². The summed E-state index contributed by atoms with van der Waals surface area (Å²) < 4.78 is 7.00. The lowest BCUT2D eigenvalue weighted by Crippen LogP contribution is -2.08. The molecule has 0 radical (unpaired) electrons. The molecule has 0 aromatic carbocycles. The Kier molecular flexibility index (Phi) is 3.26. The monoisotopic (exact) mass is 266 g/mol. The van der Waals surface area contributed by atoms with E-state index in [0.29, 0.717) is 23.5 Å². The summed E-state index contributed by atoms with van der Waals surface area (Å²) in [7, 11) is 0. The largest absolute Gasteiger partial charge is 0.338 e. The smallest absolute Gasteiger partial charge is 0.237 e. The molecule has 0 bridgehead atoms. The van der Waals surface area contributed by atoms with Gasteiger partial charge in [-0.05, 0) is 30.2 Å². The van der Waals surface area contributed by atoms with Crippen LogP contribution in [0.4, 0.5) is 0 Å². The fourth-order valence-corrected chi connectivity index (χ4v) is 2.97. The zero-order valence-electron chi connectivity index (χ0n) is 10.1. The van der Waals surface area contributed by atoms with Crippen molar-refractivity contribution in [3.05, 3.63) is 11.7 Å². The van der Waals surface area contributed by atoms with E-state index in [1.807, 2.05) is 4.68 Å². The second kappa shape index (κ2) is 5.05. The SMILES string of the molecule is Cc1noc(CSc2nnnn2C2CCCC2)n1. The Morgan fingerprint density at radius 1 is 1.39 bits per heavy atom. The summed E-state index contributed by atoms with van der Waals surface area (Å²) >= 11 is 1.54. The van der Waals surface area contributed by atoms with Crippen molar-refractivity contribution in [3.63, 3.8) is 0 Å². The summed E-state index contributed by atoms with van der Waals surface area (Å²) in [5.74, 6) is 1.87. The van der Waals surface area contributed by atoms with Crippen LogP contribution in [-0.2, 0) is 5.75 Å². The molecule has 2 aromatic heterocycles. The highest BCUT2D eigenvalue weighted by atomic mass is 32.2. The third-order valence-corrected chi connectivity index (χ3v) is 3.95. The van der Waals surface area contributed by atoms with Crippen LogP contribution in [0.3, 0.4) is 0 Å². The van der Waals surface area contributed by atoms with Gasteiger partial charge in [-0.15, -0.1) is 5.10 Å². The number of tetrazole rings is 1. The van der Waals surface area contributed by atoms with Crippen molar-refractivity contribution < 1.29 is 4.52 Å². The number of thioether (sulfide) groups is 1. The van der Waals surface area contributed by atoms with Crippen LogP contribution in [0.1, 0.15) is 43.4 Å². The highest BCUT2D eigenvalue weighted by Gasteiger charge is 2.21. The molecule has 8 heteroatoms. The maximum atomic E-state index is 5.07. The van der Waals surface area contributed by atoms with E-state index in [4.69, 9.17) is 4.52 Å². The molecule has 1 saturated carbocycles. The molecule has 0 aliphatic heterocycles. The number of hydrogen-bond donors (Lipinski definition) is 0. The normalized spacial score (nSPS) is 16.5. The molecular formula is C10H14N6OS. The first-order chi connectivity index (χ1) is 8.83. The third-order valence-electron chi connectivity index (χ3n) is 3.03. The summed E-state index contributed by atoms with van der Waals surface area (Å²) in [4.78, 5) is 4.16. The highest BCUT2D eigenvalue weighted by molar-refractivity contribution is 7.98. The average molecular weight is 266 g/mol. The van der Waals surface area contributed by atoms with Crippen LogP contribution in [-0.4, -0.2) is 30.3 Å². The molecule has 1 aliphatic rings. The summed E-state index contributed by atoms with van der Waals surface area (Å²) in [5.41, 5.74) is 0. The summed E-state index contributed by atoms with van der Waals surface area (Å²) in [6.45, 7) is 1.81. The Morgan fingerprint density at radius 2 is 2.22 bits per heavy atom. The van der Waals surface area contributed by atoms with Crippen LogP contribution in [0.5, 0.6) is 0 Å². The van der Waals surface area contributed by atoms with Gasteiger partial charge in [-0.2, -0.15) is 4.98 Å². The van der Waals surface area contributed by atoms with Crippen molar-refractivity contribution in [1.82, 2.24) is 30.3 Å². The zero-order chi connectivity index (χ0) is 12.4. The first kappa shape index (κ1) is 11.6. The van der Waals surface area contributed by atoms with Gasteiger partial charge in [-0.3, -0.25) is 0 Å². The molecule has 2 heterocycles. The quantitative estimate of drug-likeness (QED) is 0.780. The van der Waals surface area contributed by atoms with Gasteiger partial charge in [0.15, 0.2) is 5.82 Å². The van der Waals surface area contributed by atoms with Crippen LogP contribution in [0.15, 0.2) is 9.68 Å². The van der Waals surface area contributed by atoms with Crippen molar-refractivity contribution in [2.75, 3.05) is 0 Å². The molecular weight excluding hydrogens is 252 g/mol. The van der Waals surface area contributed by atoms with Crippen molar-refractivity contribution in [1.29, 1.82) is 0 Å². The van der Waals surface area contributed by atoms with E-state index in [0.717, 1.165) is 18.0 Å². The van der Waals surface area contributed by atoms with Crippen LogP contribution in [0, 0.1) is 6.92 Å². The molecule has 7 nitrogen and oxygen atoms in total. The summed E-state index contributed by atoms with van der Waals surface area (Å²) in [5, 5.41) is 16.5. The Bertz CT molecular complexity index is 518. The predicted octanol–water partition coefficient (Wildman–Crippen LogP) is 1.77. The Labute approximate surface area is 108 Å². The zero-order valence-corrected chi connectivity index (χ0v) is 10.9. The minimum atomic E-state index is 0.451. The number of hydrogen-bond acceptors (Lipinski definition) is 7. The first-order valence-corrected chi connectivity index (χ1v) is 7.01. The van der Waals surface area contributed by atoms with E-state index in [9.17, 15) is 0 Å². The van der Waals surface area contributed by atoms with Crippen LogP contribution in [0.25, 0.3) is 0 Å². The molecule has 0 N–H and O–H groups in total. The Morgan fingerprint density at radius 3 is 2.94 bits per heavy atom. The van der Waals surface area contributed by atoms with Gasteiger partial charge in [-0.1, -0.05) is 29.8 Å². The molecule has 96 valence electrons. The predicted molar refractivity (Wildman–Crippen MR) is 63.9 cm³/mol. The number of aromatic nitrogens is 6. The topological polar surface area (TPSA) is 82.5 Å². The highest BCUT2D eigenvalue weighted by Crippen LogP contribution is 2.31. The second-order valence-corrected chi connectivity index (χ2v) is 5.31. The summed E-state index contributed by atoms with van der Waals surface area (Å²) in [6, 6.07) is 0.451. The standard InChI is InChI=1S/C10H14N6OS/c1-7-11-9(17-13-7)6-18-10-12-14-15-16(10)8-4-2-3-5-8/h8H,2-6H2,1H3. The number of nitrogens with zero attached hydrogens (tertiary/aromatic N) is 6. The fourth-order valence-electron chi connectivity index (χ4n) is 2.18. The van der Waals surface area contributed by atoms with Gasteiger partial charge in [0.25, 0.3) is 0 Å². The van der Waals surface area contributed by atoms with Gasteiger partial charge in [0.2, 0.25) is 11.0 Å². The first-order valence-electron chi connectivity index (χ1n) is 6.03. The van der Waals surface area contributed by atoms with E-state index in [2.05, 4.69) is 25.7 Å². The molecule has 0 spiro atoms. The van der Waals surface area contributed by atoms with Gasteiger partial charge in [0, 0.05) is 0 Å². The molecule has 0 atom stereocenters. The molecule has 0 unspecified atom stereocenters. The molecule has 1 aliphatic carbocycles. The van der Waals surface area contributed by atoms with Gasteiger partial charge < -0.3 is 4.52 Å². The molecule has 3 rings (SSSR count). The van der Waals surface area contributed by atoms with Gasteiger partial charge >= 0.3 is 0 Å². The maximum absolute atomic E-state index is 5.07. The minimum absolute atomic E-state index is 0.451. The van der Waals surface area contributed by atoms with Crippen molar-refractivity contribution >= 4 is 11.8 Å². The Hall–Kier alpha value is -1.44. The molecule has 0 amide bonds. The molecule has 18 heavy (non-hydrogen) atoms. The van der Waals surface area contributed by atoms with Gasteiger partial charge in [0.1, 0.15) is 0 Å². The lowest BCUT2D eigenvalue weighted by atomic mass is 10.3. The number of rotatable bonds is 4. The fraction of sp³-hybridized carbons (Fsp3) is 0.700. The average Bonchev–Trinajstić information content (AvgIpc) is 3.07.